The molecule has 0 bridgehead atoms. The number of rotatable bonds is 3. The van der Waals surface area contributed by atoms with Crippen molar-refractivity contribution < 1.29 is 0 Å². The molecule has 0 nitrogen and oxygen atoms in total. The summed E-state index contributed by atoms with van der Waals surface area (Å²) < 4.78 is 0. The standard InChI is InChI=1S/C21H21SSi/c1-13-12-14-8-5-6-9-15(14)18(13)19-16-10-7-11-17(16)21(23(3)4)20(19)22-2/h5-12,18H,1-4H3. The number of benzene rings is 1. The molecule has 0 aliphatic heterocycles. The Kier molecular flexibility index (Phi) is 3.62. The van der Waals surface area contributed by atoms with Gasteiger partial charge in [0.1, 0.15) is 0 Å². The summed E-state index contributed by atoms with van der Waals surface area (Å²) in [6.45, 7) is 7.13. The summed E-state index contributed by atoms with van der Waals surface area (Å²) in [6, 6.07) is 8.88. The van der Waals surface area contributed by atoms with Crippen molar-refractivity contribution >= 4 is 26.6 Å². The molecule has 0 heterocycles. The molecule has 1 aromatic rings. The Bertz CT molecular complexity index is 846. The van der Waals surface area contributed by atoms with Gasteiger partial charge >= 0.3 is 0 Å². The van der Waals surface area contributed by atoms with Gasteiger partial charge in [-0.25, -0.2) is 0 Å². The molecule has 1 aromatic carbocycles. The van der Waals surface area contributed by atoms with Crippen molar-refractivity contribution in [3.05, 3.63) is 86.0 Å². The Morgan fingerprint density at radius 1 is 1.13 bits per heavy atom. The summed E-state index contributed by atoms with van der Waals surface area (Å²) >= 11 is 1.94. The topological polar surface area (TPSA) is 0 Å². The van der Waals surface area contributed by atoms with Gasteiger partial charge in [-0.1, -0.05) is 67.2 Å². The van der Waals surface area contributed by atoms with E-state index in [0.29, 0.717) is 5.92 Å². The van der Waals surface area contributed by atoms with E-state index in [4.69, 9.17) is 0 Å². The summed E-state index contributed by atoms with van der Waals surface area (Å²) in [4.78, 5) is 1.55. The Labute approximate surface area is 145 Å². The highest BCUT2D eigenvalue weighted by molar-refractivity contribution is 8.02. The third-order valence-electron chi connectivity index (χ3n) is 4.99. The van der Waals surface area contributed by atoms with Crippen molar-refractivity contribution in [1.82, 2.24) is 0 Å². The molecule has 1 atom stereocenters. The lowest BCUT2D eigenvalue weighted by atomic mass is 9.85. The van der Waals surface area contributed by atoms with Crippen molar-refractivity contribution in [1.29, 1.82) is 0 Å². The first-order valence-corrected chi connectivity index (χ1v) is 11.9. The smallest absolute Gasteiger partial charge is 0.0815 e. The number of allylic oxidation sites excluding steroid dienone is 8. The average molecular weight is 334 g/mol. The van der Waals surface area contributed by atoms with Gasteiger partial charge in [-0.05, 0) is 46.2 Å². The molecule has 2 heteroatoms. The van der Waals surface area contributed by atoms with Crippen LogP contribution < -0.4 is 0 Å². The number of thioether (sulfide) groups is 1. The SMILES string of the molecule is CSC1=C(C2C(C)=Cc3ccccc32)C2=CC=CC2=C1[Si](C)C. The molecule has 0 aromatic heterocycles. The van der Waals surface area contributed by atoms with Gasteiger partial charge in [0.15, 0.2) is 0 Å². The minimum Gasteiger partial charge on any atom is -0.129 e. The quantitative estimate of drug-likeness (QED) is 0.620. The Hall–Kier alpha value is -1.51. The van der Waals surface area contributed by atoms with E-state index in [1.165, 1.54) is 27.8 Å². The average Bonchev–Trinajstić information content (AvgIpc) is 3.17. The summed E-state index contributed by atoms with van der Waals surface area (Å²) in [6.07, 6.45) is 11.5. The minimum absolute atomic E-state index is 0.425. The van der Waals surface area contributed by atoms with Crippen LogP contribution in [0, 0.1) is 0 Å². The van der Waals surface area contributed by atoms with Gasteiger partial charge in [0.05, 0.1) is 8.80 Å². The first kappa shape index (κ1) is 15.0. The molecule has 3 aliphatic carbocycles. The zero-order valence-electron chi connectivity index (χ0n) is 14.1. The van der Waals surface area contributed by atoms with E-state index >= 15 is 0 Å². The second-order valence-electron chi connectivity index (χ2n) is 6.63. The van der Waals surface area contributed by atoms with Crippen LogP contribution in [0.15, 0.2) is 74.9 Å². The molecule has 1 radical (unpaired) electrons. The molecule has 0 amide bonds. The Balaban J connectivity index is 1.93. The first-order valence-electron chi connectivity index (χ1n) is 8.13. The van der Waals surface area contributed by atoms with E-state index in [1.54, 1.807) is 15.7 Å². The summed E-state index contributed by atoms with van der Waals surface area (Å²) in [5.41, 5.74) is 8.87. The van der Waals surface area contributed by atoms with E-state index in [2.05, 4.69) is 74.8 Å². The lowest BCUT2D eigenvalue weighted by molar-refractivity contribution is 0.965. The van der Waals surface area contributed by atoms with Crippen molar-refractivity contribution in [2.75, 3.05) is 6.26 Å². The Morgan fingerprint density at radius 2 is 1.91 bits per heavy atom. The van der Waals surface area contributed by atoms with Crippen LogP contribution in [0.3, 0.4) is 0 Å². The van der Waals surface area contributed by atoms with Gasteiger partial charge in [-0.2, -0.15) is 0 Å². The Morgan fingerprint density at radius 3 is 2.65 bits per heavy atom. The normalized spacial score (nSPS) is 22.0. The highest BCUT2D eigenvalue weighted by Gasteiger charge is 2.37. The second kappa shape index (κ2) is 5.54. The molecule has 0 spiro atoms. The lowest BCUT2D eigenvalue weighted by Crippen LogP contribution is -2.08. The van der Waals surface area contributed by atoms with Gasteiger partial charge < -0.3 is 0 Å². The van der Waals surface area contributed by atoms with Crippen LogP contribution in [0.1, 0.15) is 24.0 Å². The fourth-order valence-electron chi connectivity index (χ4n) is 4.11. The van der Waals surface area contributed by atoms with E-state index in [1.807, 2.05) is 11.8 Å². The van der Waals surface area contributed by atoms with Crippen molar-refractivity contribution in [2.45, 2.75) is 25.9 Å². The molecular weight excluding hydrogens is 312 g/mol. The van der Waals surface area contributed by atoms with Gasteiger partial charge in [0.2, 0.25) is 0 Å². The maximum absolute atomic E-state index is 2.42. The fourth-order valence-corrected chi connectivity index (χ4v) is 7.14. The summed E-state index contributed by atoms with van der Waals surface area (Å²) in [5, 5.41) is 1.63. The largest absolute Gasteiger partial charge is 0.129 e. The van der Waals surface area contributed by atoms with Crippen molar-refractivity contribution in [3.8, 4) is 0 Å². The van der Waals surface area contributed by atoms with Gasteiger partial charge in [-0.15, -0.1) is 11.8 Å². The van der Waals surface area contributed by atoms with Crippen LogP contribution in [-0.2, 0) is 0 Å². The van der Waals surface area contributed by atoms with E-state index in [9.17, 15) is 0 Å². The maximum Gasteiger partial charge on any atom is 0.0815 e. The van der Waals surface area contributed by atoms with E-state index in [-0.39, 0.29) is 0 Å². The van der Waals surface area contributed by atoms with Gasteiger partial charge in [-0.3, -0.25) is 0 Å². The first-order chi connectivity index (χ1) is 11.1. The van der Waals surface area contributed by atoms with E-state index < -0.39 is 8.80 Å². The molecule has 0 saturated heterocycles. The van der Waals surface area contributed by atoms with Crippen LogP contribution in [0.5, 0.6) is 0 Å². The van der Waals surface area contributed by atoms with Crippen LogP contribution in [0.4, 0.5) is 0 Å². The molecule has 23 heavy (non-hydrogen) atoms. The van der Waals surface area contributed by atoms with Gasteiger partial charge in [0, 0.05) is 10.8 Å². The molecule has 0 fully saturated rings. The zero-order chi connectivity index (χ0) is 16.1. The molecular formula is C21H21SSi. The summed E-state index contributed by atoms with van der Waals surface area (Å²) in [7, 11) is -0.491. The molecule has 0 N–H and O–H groups in total. The predicted molar refractivity (Wildman–Crippen MR) is 105 cm³/mol. The van der Waals surface area contributed by atoms with Gasteiger partial charge in [0.25, 0.3) is 0 Å². The summed E-state index contributed by atoms with van der Waals surface area (Å²) in [5.74, 6) is 0.425. The van der Waals surface area contributed by atoms with Crippen molar-refractivity contribution in [2.24, 2.45) is 0 Å². The number of hydrogen-bond donors (Lipinski definition) is 0. The predicted octanol–water partition coefficient (Wildman–Crippen LogP) is 5.90. The van der Waals surface area contributed by atoms with Crippen LogP contribution in [0.2, 0.25) is 13.1 Å². The fraction of sp³-hybridized carbons (Fsp3) is 0.238. The zero-order valence-corrected chi connectivity index (χ0v) is 15.9. The highest BCUT2D eigenvalue weighted by atomic mass is 32.2. The van der Waals surface area contributed by atoms with Crippen LogP contribution >= 0.6 is 11.8 Å². The monoisotopic (exact) mass is 333 g/mol. The molecule has 0 saturated carbocycles. The van der Waals surface area contributed by atoms with Crippen LogP contribution in [-0.4, -0.2) is 15.1 Å². The highest BCUT2D eigenvalue weighted by Crippen LogP contribution is 2.54. The molecule has 1 unspecified atom stereocenters. The molecule has 4 rings (SSSR count). The number of fused-ring (bicyclic) bond motifs is 2. The molecule has 115 valence electrons. The maximum atomic E-state index is 2.42. The third kappa shape index (κ3) is 2.12. The second-order valence-corrected chi connectivity index (χ2v) is 9.94. The minimum atomic E-state index is -0.491. The van der Waals surface area contributed by atoms with Crippen molar-refractivity contribution in [3.63, 3.8) is 0 Å². The van der Waals surface area contributed by atoms with Crippen LogP contribution in [0.25, 0.3) is 6.08 Å². The lowest BCUT2D eigenvalue weighted by Gasteiger charge is -2.20. The number of hydrogen-bond acceptors (Lipinski definition) is 1. The van der Waals surface area contributed by atoms with E-state index in [0.717, 1.165) is 0 Å². The molecule has 3 aliphatic rings. The third-order valence-corrected chi connectivity index (χ3v) is 7.52.